The predicted octanol–water partition coefficient (Wildman–Crippen LogP) is 1.62. The molecule has 1 aliphatic heterocycles. The van der Waals surface area contributed by atoms with Crippen LogP contribution in [0.25, 0.3) is 0 Å². The van der Waals surface area contributed by atoms with E-state index in [1.54, 1.807) is 0 Å². The quantitative estimate of drug-likeness (QED) is 0.838. The first kappa shape index (κ1) is 11.4. The fraction of sp³-hybridized carbons (Fsp3) is 0.538. The molecule has 0 aliphatic carbocycles. The molecule has 0 spiro atoms. The Bertz CT molecular complexity index is 304. The molecule has 3 nitrogen and oxygen atoms in total. The Kier molecular flexibility index (Phi) is 4.19. The zero-order valence-corrected chi connectivity index (χ0v) is 9.74. The van der Waals surface area contributed by atoms with E-state index in [9.17, 15) is 0 Å². The molecule has 1 heterocycles. The second-order valence-electron chi connectivity index (χ2n) is 3.98. The second kappa shape index (κ2) is 5.87. The number of rotatable bonds is 4. The van der Waals surface area contributed by atoms with Gasteiger partial charge in [-0.2, -0.15) is 0 Å². The Labute approximate surface area is 96.8 Å². The van der Waals surface area contributed by atoms with Gasteiger partial charge in [0.25, 0.3) is 0 Å². The van der Waals surface area contributed by atoms with Crippen molar-refractivity contribution >= 4 is 0 Å². The van der Waals surface area contributed by atoms with Crippen LogP contribution in [0.5, 0.6) is 5.75 Å². The van der Waals surface area contributed by atoms with E-state index in [0.29, 0.717) is 6.10 Å². The van der Waals surface area contributed by atoms with E-state index in [2.05, 4.69) is 17.4 Å². The van der Waals surface area contributed by atoms with Gasteiger partial charge >= 0.3 is 0 Å². The average Bonchev–Trinajstić information content (AvgIpc) is 2.33. The lowest BCUT2D eigenvalue weighted by Crippen LogP contribution is -2.39. The monoisotopic (exact) mass is 221 g/mol. The van der Waals surface area contributed by atoms with E-state index in [4.69, 9.17) is 9.47 Å². The molecule has 0 amide bonds. The van der Waals surface area contributed by atoms with Crippen molar-refractivity contribution in [2.45, 2.75) is 19.4 Å². The lowest BCUT2D eigenvalue weighted by atomic mass is 10.1. The first-order valence-corrected chi connectivity index (χ1v) is 5.92. The van der Waals surface area contributed by atoms with Crippen LogP contribution in [0.15, 0.2) is 24.3 Å². The maximum Gasteiger partial charge on any atom is 0.119 e. The topological polar surface area (TPSA) is 30.5 Å². The summed E-state index contributed by atoms with van der Waals surface area (Å²) >= 11 is 0. The number of hydrogen-bond acceptors (Lipinski definition) is 3. The molecule has 0 aromatic heterocycles. The molecule has 1 fully saturated rings. The van der Waals surface area contributed by atoms with E-state index in [1.165, 1.54) is 5.56 Å². The number of nitrogens with one attached hydrogen (secondary N) is 1. The Morgan fingerprint density at radius 3 is 2.81 bits per heavy atom. The Balaban J connectivity index is 1.88. The van der Waals surface area contributed by atoms with Crippen molar-refractivity contribution < 1.29 is 9.47 Å². The molecule has 2 rings (SSSR count). The fourth-order valence-corrected chi connectivity index (χ4v) is 1.90. The number of benzene rings is 1. The largest absolute Gasteiger partial charge is 0.494 e. The van der Waals surface area contributed by atoms with Crippen molar-refractivity contribution in [3.05, 3.63) is 29.8 Å². The molecule has 88 valence electrons. The normalized spacial score (nSPS) is 20.7. The molecule has 0 saturated carbocycles. The maximum atomic E-state index is 5.67. The predicted molar refractivity (Wildman–Crippen MR) is 63.9 cm³/mol. The van der Waals surface area contributed by atoms with Crippen molar-refractivity contribution in [3.8, 4) is 5.75 Å². The summed E-state index contributed by atoms with van der Waals surface area (Å²) in [5.41, 5.74) is 1.30. The number of ether oxygens (including phenoxy) is 2. The van der Waals surface area contributed by atoms with Crippen LogP contribution < -0.4 is 10.1 Å². The van der Waals surface area contributed by atoms with Gasteiger partial charge in [-0.15, -0.1) is 0 Å². The Morgan fingerprint density at radius 1 is 1.38 bits per heavy atom. The van der Waals surface area contributed by atoms with E-state index < -0.39 is 0 Å². The van der Waals surface area contributed by atoms with Crippen LogP contribution in [0, 0.1) is 0 Å². The van der Waals surface area contributed by atoms with Gasteiger partial charge in [0.15, 0.2) is 0 Å². The van der Waals surface area contributed by atoms with Crippen LogP contribution >= 0.6 is 0 Å². The third-order valence-electron chi connectivity index (χ3n) is 2.70. The molecule has 1 N–H and O–H groups in total. The minimum absolute atomic E-state index is 0.312. The third-order valence-corrected chi connectivity index (χ3v) is 2.70. The van der Waals surface area contributed by atoms with E-state index in [-0.39, 0.29) is 0 Å². The van der Waals surface area contributed by atoms with Gasteiger partial charge in [-0.25, -0.2) is 0 Å². The highest BCUT2D eigenvalue weighted by molar-refractivity contribution is 5.27. The van der Waals surface area contributed by atoms with E-state index in [1.807, 2.05) is 19.1 Å². The molecule has 3 heteroatoms. The molecule has 0 bridgehead atoms. The summed E-state index contributed by atoms with van der Waals surface area (Å²) in [6.45, 7) is 5.46. The van der Waals surface area contributed by atoms with Gasteiger partial charge in [-0.3, -0.25) is 0 Å². The second-order valence-corrected chi connectivity index (χ2v) is 3.98. The smallest absolute Gasteiger partial charge is 0.119 e. The third kappa shape index (κ3) is 3.22. The summed E-state index contributed by atoms with van der Waals surface area (Å²) in [5, 5.41) is 3.34. The summed E-state index contributed by atoms with van der Waals surface area (Å²) < 4.78 is 11.1. The van der Waals surface area contributed by atoms with Gasteiger partial charge in [0.2, 0.25) is 0 Å². The fourth-order valence-electron chi connectivity index (χ4n) is 1.90. The van der Waals surface area contributed by atoms with Gasteiger partial charge in [0.05, 0.1) is 19.3 Å². The van der Waals surface area contributed by atoms with Crippen LogP contribution in [0.4, 0.5) is 0 Å². The zero-order chi connectivity index (χ0) is 11.2. The van der Waals surface area contributed by atoms with Crippen molar-refractivity contribution in [3.63, 3.8) is 0 Å². The standard InChI is InChI=1S/C13H19NO2/c1-2-15-12-5-3-11(4-6-12)9-13-10-14-7-8-16-13/h3-6,13-14H,2,7-10H2,1H3. The summed E-state index contributed by atoms with van der Waals surface area (Å²) in [5.74, 6) is 0.939. The molecule has 1 aliphatic rings. The van der Waals surface area contributed by atoms with Gasteiger partial charge in [0, 0.05) is 13.1 Å². The van der Waals surface area contributed by atoms with Gasteiger partial charge < -0.3 is 14.8 Å². The molecule has 1 aromatic rings. The Morgan fingerprint density at radius 2 is 2.19 bits per heavy atom. The summed E-state index contributed by atoms with van der Waals surface area (Å²) in [6.07, 6.45) is 1.28. The highest BCUT2D eigenvalue weighted by Gasteiger charge is 2.13. The highest BCUT2D eigenvalue weighted by atomic mass is 16.5. The zero-order valence-electron chi connectivity index (χ0n) is 9.74. The summed E-state index contributed by atoms with van der Waals surface area (Å²) in [6, 6.07) is 8.27. The highest BCUT2D eigenvalue weighted by Crippen LogP contribution is 2.14. The molecular formula is C13H19NO2. The van der Waals surface area contributed by atoms with Gasteiger partial charge in [0.1, 0.15) is 5.75 Å². The first-order valence-electron chi connectivity index (χ1n) is 5.92. The minimum Gasteiger partial charge on any atom is -0.494 e. The maximum absolute atomic E-state index is 5.67. The SMILES string of the molecule is CCOc1ccc(CC2CNCCO2)cc1. The van der Waals surface area contributed by atoms with Crippen LogP contribution in [0.3, 0.4) is 0 Å². The molecule has 1 saturated heterocycles. The summed E-state index contributed by atoms with van der Waals surface area (Å²) in [7, 11) is 0. The van der Waals surface area contributed by atoms with Crippen LogP contribution in [0.2, 0.25) is 0 Å². The molecule has 1 aromatic carbocycles. The molecule has 1 unspecified atom stereocenters. The van der Waals surface area contributed by atoms with Gasteiger partial charge in [-0.05, 0) is 31.0 Å². The minimum atomic E-state index is 0.312. The number of hydrogen-bond donors (Lipinski definition) is 1. The van der Waals surface area contributed by atoms with E-state index in [0.717, 1.165) is 38.5 Å². The Hall–Kier alpha value is -1.06. The van der Waals surface area contributed by atoms with Crippen LogP contribution in [-0.2, 0) is 11.2 Å². The first-order chi connectivity index (χ1) is 7.88. The molecular weight excluding hydrogens is 202 g/mol. The van der Waals surface area contributed by atoms with Crippen molar-refractivity contribution in [2.75, 3.05) is 26.3 Å². The van der Waals surface area contributed by atoms with Gasteiger partial charge in [-0.1, -0.05) is 12.1 Å². The van der Waals surface area contributed by atoms with E-state index >= 15 is 0 Å². The summed E-state index contributed by atoms with van der Waals surface area (Å²) in [4.78, 5) is 0. The van der Waals surface area contributed by atoms with Crippen LogP contribution in [-0.4, -0.2) is 32.4 Å². The lowest BCUT2D eigenvalue weighted by Gasteiger charge is -2.23. The van der Waals surface area contributed by atoms with Crippen molar-refractivity contribution in [1.82, 2.24) is 5.32 Å². The molecule has 1 atom stereocenters. The van der Waals surface area contributed by atoms with Crippen molar-refractivity contribution in [1.29, 1.82) is 0 Å². The molecule has 16 heavy (non-hydrogen) atoms. The lowest BCUT2D eigenvalue weighted by molar-refractivity contribution is 0.0292. The van der Waals surface area contributed by atoms with Crippen molar-refractivity contribution in [2.24, 2.45) is 0 Å². The average molecular weight is 221 g/mol. The van der Waals surface area contributed by atoms with Crippen LogP contribution in [0.1, 0.15) is 12.5 Å². The molecule has 0 radical (unpaired) electrons. The number of morpholine rings is 1.